The molecule has 2 N–H and O–H groups in total. The fourth-order valence-corrected chi connectivity index (χ4v) is 8.41. The van der Waals surface area contributed by atoms with Gasteiger partial charge in [0.1, 0.15) is 17.4 Å². The third-order valence-corrected chi connectivity index (χ3v) is 11.5. The number of imide groups is 1. The Morgan fingerprint density at radius 3 is 2.40 bits per heavy atom. The van der Waals surface area contributed by atoms with Crippen LogP contribution in [0, 0.1) is 5.92 Å². The van der Waals surface area contributed by atoms with Crippen molar-refractivity contribution in [3.63, 3.8) is 0 Å². The summed E-state index contributed by atoms with van der Waals surface area (Å²) in [6, 6.07) is 10.6. The molecular weight excluding hydrogens is 753 g/mol. The van der Waals surface area contributed by atoms with E-state index in [0.717, 1.165) is 87.8 Å². The minimum atomic E-state index is -4.77. The van der Waals surface area contributed by atoms with E-state index in [4.69, 9.17) is 0 Å². The number of rotatable bonds is 8. The average Bonchev–Trinajstić information content (AvgIpc) is 3.71. The number of piperidine rings is 1. The van der Waals surface area contributed by atoms with E-state index in [9.17, 15) is 41.1 Å². The molecule has 5 aromatic rings. The number of piperazine rings is 1. The van der Waals surface area contributed by atoms with Crippen molar-refractivity contribution in [2.75, 3.05) is 42.9 Å². The largest absolute Gasteiger partial charge is 0.433 e. The van der Waals surface area contributed by atoms with Gasteiger partial charge in [-0.1, -0.05) is 6.07 Å². The monoisotopic (exact) mass is 793 g/mol. The number of hydrogen-bond donors (Lipinski definition) is 2. The van der Waals surface area contributed by atoms with E-state index in [-0.39, 0.29) is 36.2 Å². The average molecular weight is 794 g/mol. The second kappa shape index (κ2) is 15.0. The van der Waals surface area contributed by atoms with Gasteiger partial charge in [0.15, 0.2) is 0 Å². The molecule has 3 fully saturated rings. The summed E-state index contributed by atoms with van der Waals surface area (Å²) in [5.74, 6) is -1.36. The van der Waals surface area contributed by atoms with Crippen molar-refractivity contribution in [3.8, 4) is 0 Å². The lowest BCUT2D eigenvalue weighted by Crippen LogP contribution is -2.48. The molecule has 2 aliphatic heterocycles. The Bertz CT molecular complexity index is 2420. The Morgan fingerprint density at radius 1 is 0.947 bits per heavy atom. The molecular formula is C39H40F5N9O4. The first-order chi connectivity index (χ1) is 27.2. The van der Waals surface area contributed by atoms with Crippen LogP contribution in [0.1, 0.15) is 78.8 Å². The first kappa shape index (κ1) is 38.2. The van der Waals surface area contributed by atoms with Crippen LogP contribution >= 0.6 is 0 Å². The second-order valence-corrected chi connectivity index (χ2v) is 15.1. The van der Waals surface area contributed by atoms with Crippen molar-refractivity contribution in [2.45, 2.75) is 63.2 Å². The minimum absolute atomic E-state index is 0.0589. The lowest BCUT2D eigenvalue weighted by molar-refractivity contribution is -0.141. The summed E-state index contributed by atoms with van der Waals surface area (Å²) in [5.41, 5.74) is -0.132. The number of halogens is 5. The highest BCUT2D eigenvalue weighted by molar-refractivity contribution is 6.04. The number of aromatic nitrogens is 5. The molecule has 13 nitrogen and oxygen atoms in total. The van der Waals surface area contributed by atoms with Crippen LogP contribution in [-0.2, 0) is 22.8 Å². The molecule has 3 aromatic heterocycles. The van der Waals surface area contributed by atoms with Crippen LogP contribution in [0.25, 0.3) is 21.9 Å². The molecule has 8 rings (SSSR count). The number of carbonyl (C=O) groups is 3. The Hall–Kier alpha value is -5.65. The van der Waals surface area contributed by atoms with Gasteiger partial charge in [-0.25, -0.2) is 18.6 Å². The number of benzene rings is 2. The number of alkyl halides is 5. The number of carbonyl (C=O) groups excluding carboxylic acids is 3. The SMILES string of the molecule is Cn1c(=O)n(C2CCC(=O)NC2=O)c2ccc(N3CCN(CC4CCC(n5cc6cc(NC(=O)c7cccc(C(F)(F)F)n7)c(C(F)F)cc6n5)CC4)CC3)cc21. The molecule has 300 valence electrons. The third kappa shape index (κ3) is 7.61. The van der Waals surface area contributed by atoms with Crippen molar-refractivity contribution in [2.24, 2.45) is 13.0 Å². The summed E-state index contributed by atoms with van der Waals surface area (Å²) < 4.78 is 72.4. The van der Waals surface area contributed by atoms with Crippen LogP contribution in [-0.4, -0.2) is 79.2 Å². The molecule has 1 unspecified atom stereocenters. The van der Waals surface area contributed by atoms with E-state index in [1.165, 1.54) is 16.7 Å². The Kier molecular flexibility index (Phi) is 10.1. The number of anilines is 2. The van der Waals surface area contributed by atoms with Crippen molar-refractivity contribution >= 4 is 51.0 Å². The maximum Gasteiger partial charge on any atom is 0.433 e. The molecule has 2 saturated heterocycles. The first-order valence-corrected chi connectivity index (χ1v) is 18.9. The van der Waals surface area contributed by atoms with Crippen LogP contribution in [0.2, 0.25) is 0 Å². The van der Waals surface area contributed by atoms with Gasteiger partial charge < -0.3 is 10.2 Å². The smallest absolute Gasteiger partial charge is 0.369 e. The molecule has 3 aliphatic rings. The number of imidazole rings is 1. The zero-order valence-corrected chi connectivity index (χ0v) is 30.9. The lowest BCUT2D eigenvalue weighted by Gasteiger charge is -2.39. The highest BCUT2D eigenvalue weighted by Crippen LogP contribution is 2.36. The van der Waals surface area contributed by atoms with Gasteiger partial charge in [0.25, 0.3) is 12.3 Å². The summed E-state index contributed by atoms with van der Waals surface area (Å²) in [6.07, 6.45) is -1.90. The molecule has 1 saturated carbocycles. The Balaban J connectivity index is 0.869. The number of pyridine rings is 1. The standard InChI is InChI=1S/C39H40F5N9O4/c1-49-32-18-25(9-10-30(32)53(38(49)57)31-11-12-34(54)47-37(31)56)51-15-13-50(14-16-51)20-22-5-7-24(8-6-22)52-21-23-17-29(26(35(40)41)19-28(23)48-52)46-36(55)27-3-2-4-33(45-27)39(42,43)44/h2-4,9-10,17-19,21-22,24,31,35H,5-8,11-16,20H2,1H3,(H,46,55)(H,47,54,56). The van der Waals surface area contributed by atoms with Gasteiger partial charge in [0, 0.05) is 69.0 Å². The summed E-state index contributed by atoms with van der Waals surface area (Å²) in [5, 5.41) is 9.78. The van der Waals surface area contributed by atoms with Gasteiger partial charge in [-0.05, 0) is 80.5 Å². The zero-order valence-electron chi connectivity index (χ0n) is 30.9. The lowest BCUT2D eigenvalue weighted by atomic mass is 9.85. The minimum Gasteiger partial charge on any atom is -0.369 e. The number of nitrogens with zero attached hydrogens (tertiary/aromatic N) is 7. The molecule has 2 aromatic carbocycles. The number of amides is 3. The zero-order chi connectivity index (χ0) is 40.2. The maximum atomic E-state index is 14.1. The predicted molar refractivity (Wildman–Crippen MR) is 200 cm³/mol. The highest BCUT2D eigenvalue weighted by atomic mass is 19.4. The maximum absolute atomic E-state index is 14.1. The van der Waals surface area contributed by atoms with Crippen LogP contribution in [0.3, 0.4) is 0 Å². The number of aryl methyl sites for hydroxylation is 1. The number of hydrogen-bond acceptors (Lipinski definition) is 8. The van der Waals surface area contributed by atoms with E-state index < -0.39 is 47.4 Å². The summed E-state index contributed by atoms with van der Waals surface area (Å²) >= 11 is 0. The molecule has 0 bridgehead atoms. The second-order valence-electron chi connectivity index (χ2n) is 15.1. The van der Waals surface area contributed by atoms with Gasteiger partial charge >= 0.3 is 11.9 Å². The van der Waals surface area contributed by atoms with E-state index in [1.807, 2.05) is 18.2 Å². The van der Waals surface area contributed by atoms with Gasteiger partial charge in [-0.3, -0.25) is 38.4 Å². The van der Waals surface area contributed by atoms with Gasteiger partial charge in [-0.15, -0.1) is 0 Å². The number of nitrogens with one attached hydrogen (secondary N) is 2. The van der Waals surface area contributed by atoms with E-state index in [2.05, 4.69) is 30.5 Å². The molecule has 0 radical (unpaired) electrons. The molecule has 18 heteroatoms. The fourth-order valence-electron chi connectivity index (χ4n) is 8.41. The fraction of sp³-hybridized carbons (Fsp3) is 0.436. The van der Waals surface area contributed by atoms with Crippen LogP contribution < -0.4 is 21.2 Å². The summed E-state index contributed by atoms with van der Waals surface area (Å²) in [6.45, 7) is 4.30. The Labute approximate surface area is 322 Å². The summed E-state index contributed by atoms with van der Waals surface area (Å²) in [7, 11) is 1.69. The van der Waals surface area contributed by atoms with E-state index >= 15 is 0 Å². The molecule has 0 spiro atoms. The molecule has 3 amide bonds. The third-order valence-electron chi connectivity index (χ3n) is 11.5. The first-order valence-electron chi connectivity index (χ1n) is 18.9. The van der Waals surface area contributed by atoms with E-state index in [1.54, 1.807) is 22.5 Å². The molecule has 57 heavy (non-hydrogen) atoms. The normalized spacial score (nSPS) is 21.1. The quantitative estimate of drug-likeness (QED) is 0.148. The van der Waals surface area contributed by atoms with Crippen molar-refractivity contribution in [3.05, 3.63) is 82.2 Å². The molecule has 1 atom stereocenters. The van der Waals surface area contributed by atoms with Gasteiger partial charge in [-0.2, -0.15) is 18.3 Å². The van der Waals surface area contributed by atoms with Gasteiger partial charge in [0.05, 0.1) is 28.3 Å². The predicted octanol–water partition coefficient (Wildman–Crippen LogP) is 5.82. The van der Waals surface area contributed by atoms with Crippen molar-refractivity contribution < 1.29 is 36.3 Å². The van der Waals surface area contributed by atoms with E-state index in [0.29, 0.717) is 22.3 Å². The van der Waals surface area contributed by atoms with Gasteiger partial charge in [0.2, 0.25) is 11.8 Å². The van der Waals surface area contributed by atoms with Crippen molar-refractivity contribution in [1.82, 2.24) is 34.1 Å². The number of fused-ring (bicyclic) bond motifs is 2. The molecule has 5 heterocycles. The van der Waals surface area contributed by atoms with Crippen molar-refractivity contribution in [1.29, 1.82) is 0 Å². The van der Waals surface area contributed by atoms with Crippen LogP contribution in [0.5, 0.6) is 0 Å². The highest BCUT2D eigenvalue weighted by Gasteiger charge is 2.34. The topological polar surface area (TPSA) is 139 Å². The van der Waals surface area contributed by atoms with Crippen LogP contribution in [0.4, 0.5) is 33.3 Å². The molecule has 1 aliphatic carbocycles. The Morgan fingerprint density at radius 2 is 1.70 bits per heavy atom. The summed E-state index contributed by atoms with van der Waals surface area (Å²) in [4.78, 5) is 58.4. The van der Waals surface area contributed by atoms with Crippen LogP contribution in [0.15, 0.2) is 59.5 Å².